The average molecular weight is 244 g/mol. The molecule has 1 aromatic carbocycles. The van der Waals surface area contributed by atoms with Gasteiger partial charge in [0.2, 0.25) is 5.91 Å². The number of benzene rings is 1. The third kappa shape index (κ3) is 2.27. The smallest absolute Gasteiger partial charge is 0.250 e. The van der Waals surface area contributed by atoms with Crippen LogP contribution in [0.5, 0.6) is 0 Å². The fraction of sp³-hybridized carbons (Fsp3) is 0. The van der Waals surface area contributed by atoms with Crippen molar-refractivity contribution < 1.29 is 9.18 Å². The molecule has 0 aliphatic carbocycles. The zero-order valence-corrected chi connectivity index (χ0v) is 7.82. The summed E-state index contributed by atoms with van der Waals surface area (Å²) in [6, 6.07) is 3.49. The van der Waals surface area contributed by atoms with Crippen LogP contribution < -0.4 is 0 Å². The maximum absolute atomic E-state index is 12.6. The molecule has 0 aromatic heterocycles. The Bertz CT molecular complexity index is 401. The van der Waals surface area contributed by atoms with Gasteiger partial charge in [-0.15, -0.1) is 0 Å². The highest BCUT2D eigenvalue weighted by Gasteiger charge is 2.07. The van der Waals surface area contributed by atoms with Gasteiger partial charge >= 0.3 is 0 Å². The molecule has 4 nitrogen and oxygen atoms in total. The van der Waals surface area contributed by atoms with Crippen LogP contribution in [0.15, 0.2) is 27.8 Å². The van der Waals surface area contributed by atoms with E-state index >= 15 is 0 Å². The Kier molecular flexibility index (Phi) is 3.00. The minimum Gasteiger partial charge on any atom is -0.287 e. The van der Waals surface area contributed by atoms with Gasteiger partial charge in [0.1, 0.15) is 5.82 Å². The molecule has 66 valence electrons. The molecule has 0 N–H and O–H groups in total. The minimum atomic E-state index is -0.741. The zero-order chi connectivity index (χ0) is 9.84. The van der Waals surface area contributed by atoms with Gasteiger partial charge in [0.05, 0.1) is 0 Å². The van der Waals surface area contributed by atoms with E-state index < -0.39 is 11.7 Å². The summed E-state index contributed by atoms with van der Waals surface area (Å²) >= 11 is 2.97. The molecule has 1 amide bonds. The minimum absolute atomic E-state index is 0.138. The Hall–Kier alpha value is -1.39. The van der Waals surface area contributed by atoms with Gasteiger partial charge < -0.3 is 0 Å². The number of hydrogen-bond donors (Lipinski definition) is 0. The number of rotatable bonds is 1. The van der Waals surface area contributed by atoms with E-state index in [-0.39, 0.29) is 10.0 Å². The van der Waals surface area contributed by atoms with Crippen LogP contribution in [0.4, 0.5) is 4.39 Å². The van der Waals surface area contributed by atoms with Crippen molar-refractivity contribution in [2.24, 2.45) is 5.11 Å². The summed E-state index contributed by atoms with van der Waals surface area (Å²) < 4.78 is 12.8. The normalized spacial score (nSPS) is 9.08. The third-order valence-corrected chi connectivity index (χ3v) is 1.95. The molecule has 0 heterocycles. The lowest BCUT2D eigenvalue weighted by Crippen LogP contribution is -1.94. The topological polar surface area (TPSA) is 65.8 Å². The summed E-state index contributed by atoms with van der Waals surface area (Å²) in [4.78, 5) is 13.3. The van der Waals surface area contributed by atoms with Crippen molar-refractivity contribution in [2.45, 2.75) is 0 Å². The molecule has 0 unspecified atom stereocenters. The van der Waals surface area contributed by atoms with E-state index in [0.29, 0.717) is 0 Å². The molecule has 0 saturated carbocycles. The van der Waals surface area contributed by atoms with Crippen LogP contribution in [-0.4, -0.2) is 5.91 Å². The van der Waals surface area contributed by atoms with Crippen molar-refractivity contribution in [3.63, 3.8) is 0 Å². The molecule has 1 aromatic rings. The van der Waals surface area contributed by atoms with Crippen LogP contribution in [0.25, 0.3) is 10.4 Å². The lowest BCUT2D eigenvalue weighted by Gasteiger charge is -1.97. The van der Waals surface area contributed by atoms with E-state index in [0.717, 1.165) is 12.1 Å². The van der Waals surface area contributed by atoms with Crippen molar-refractivity contribution >= 4 is 21.8 Å². The number of hydrogen-bond acceptors (Lipinski definition) is 1. The molecule has 0 radical (unpaired) electrons. The Morgan fingerprint density at radius 3 is 2.85 bits per heavy atom. The summed E-state index contributed by atoms with van der Waals surface area (Å²) in [6.07, 6.45) is 0. The van der Waals surface area contributed by atoms with E-state index in [1.165, 1.54) is 6.07 Å². The lowest BCUT2D eigenvalue weighted by molar-refractivity contribution is 0.0999. The fourth-order valence-corrected chi connectivity index (χ4v) is 1.28. The van der Waals surface area contributed by atoms with Gasteiger partial charge in [-0.1, -0.05) is 0 Å². The highest BCUT2D eigenvalue weighted by atomic mass is 79.9. The van der Waals surface area contributed by atoms with Crippen LogP contribution >= 0.6 is 15.9 Å². The molecular weight excluding hydrogens is 241 g/mol. The monoisotopic (exact) mass is 243 g/mol. The number of azide groups is 1. The molecule has 0 aliphatic heterocycles. The summed E-state index contributed by atoms with van der Waals surface area (Å²) in [5, 5.41) is 2.87. The molecule has 13 heavy (non-hydrogen) atoms. The Balaban J connectivity index is 3.16. The molecule has 0 aliphatic rings. The van der Waals surface area contributed by atoms with Gasteiger partial charge in [-0.3, -0.25) is 4.79 Å². The maximum Gasteiger partial charge on any atom is 0.250 e. The number of carbonyl (C=O) groups excluding carboxylic acids is 1. The predicted octanol–water partition coefficient (Wildman–Crippen LogP) is 3.04. The highest BCUT2D eigenvalue weighted by Crippen LogP contribution is 2.18. The van der Waals surface area contributed by atoms with Gasteiger partial charge in [0.25, 0.3) is 0 Å². The van der Waals surface area contributed by atoms with Crippen LogP contribution in [0.3, 0.4) is 0 Å². The summed E-state index contributed by atoms with van der Waals surface area (Å²) in [5.41, 5.74) is 8.13. The molecule has 0 fully saturated rings. The summed E-state index contributed by atoms with van der Waals surface area (Å²) in [7, 11) is 0. The van der Waals surface area contributed by atoms with E-state index in [1.807, 2.05) is 0 Å². The highest BCUT2D eigenvalue weighted by molar-refractivity contribution is 9.10. The summed E-state index contributed by atoms with van der Waals surface area (Å²) in [5.74, 6) is -1.21. The van der Waals surface area contributed by atoms with Crippen molar-refractivity contribution in [2.75, 3.05) is 0 Å². The Labute approximate surface area is 81.1 Å². The molecule has 1 rings (SSSR count). The second-order valence-corrected chi connectivity index (χ2v) is 2.97. The van der Waals surface area contributed by atoms with E-state index in [2.05, 4.69) is 26.0 Å². The van der Waals surface area contributed by atoms with Crippen LogP contribution in [-0.2, 0) is 0 Å². The molecule has 0 spiro atoms. The van der Waals surface area contributed by atoms with Gasteiger partial charge in [-0.25, -0.2) is 4.39 Å². The molecule has 0 bridgehead atoms. The molecule has 0 atom stereocenters. The van der Waals surface area contributed by atoms with E-state index in [4.69, 9.17) is 5.53 Å². The van der Waals surface area contributed by atoms with Gasteiger partial charge in [0.15, 0.2) is 0 Å². The second kappa shape index (κ2) is 4.02. The van der Waals surface area contributed by atoms with Gasteiger partial charge in [0, 0.05) is 14.9 Å². The largest absolute Gasteiger partial charge is 0.287 e. The Morgan fingerprint density at radius 2 is 2.31 bits per heavy atom. The average Bonchev–Trinajstić information content (AvgIpc) is 2.04. The third-order valence-electron chi connectivity index (χ3n) is 1.30. The first-order chi connectivity index (χ1) is 6.15. The van der Waals surface area contributed by atoms with E-state index in [9.17, 15) is 9.18 Å². The Morgan fingerprint density at radius 1 is 1.62 bits per heavy atom. The molecule has 0 saturated heterocycles. The predicted molar refractivity (Wildman–Crippen MR) is 47.6 cm³/mol. The molecular formula is C7H3BrFN3O. The molecule has 6 heteroatoms. The second-order valence-electron chi connectivity index (χ2n) is 2.12. The number of amides is 1. The van der Waals surface area contributed by atoms with Crippen molar-refractivity contribution in [1.82, 2.24) is 0 Å². The van der Waals surface area contributed by atoms with Crippen molar-refractivity contribution in [3.8, 4) is 0 Å². The quantitative estimate of drug-likeness (QED) is 0.425. The first kappa shape index (κ1) is 9.70. The van der Waals surface area contributed by atoms with E-state index in [1.54, 1.807) is 0 Å². The van der Waals surface area contributed by atoms with Crippen molar-refractivity contribution in [1.29, 1.82) is 0 Å². The first-order valence-electron chi connectivity index (χ1n) is 3.19. The first-order valence-corrected chi connectivity index (χ1v) is 3.99. The summed E-state index contributed by atoms with van der Waals surface area (Å²) in [6.45, 7) is 0. The standard InChI is InChI=1S/C7H3BrFN3O/c8-6-3-4(9)1-2-5(6)7(13)11-12-10/h1-3H. The lowest BCUT2D eigenvalue weighted by atomic mass is 10.2. The SMILES string of the molecule is [N-]=[N+]=NC(=O)c1ccc(F)cc1Br. The van der Waals surface area contributed by atoms with Crippen LogP contribution in [0.2, 0.25) is 0 Å². The zero-order valence-electron chi connectivity index (χ0n) is 6.24. The number of halogens is 2. The van der Waals surface area contributed by atoms with Gasteiger partial charge in [-0.05, 0) is 44.8 Å². The van der Waals surface area contributed by atoms with Crippen LogP contribution in [0, 0.1) is 5.82 Å². The van der Waals surface area contributed by atoms with Gasteiger partial charge in [-0.2, -0.15) is 0 Å². The number of carbonyl (C=O) groups is 1. The number of nitrogens with zero attached hydrogens (tertiary/aromatic N) is 3. The maximum atomic E-state index is 12.6. The van der Waals surface area contributed by atoms with Crippen molar-refractivity contribution in [3.05, 3.63) is 44.5 Å². The fourth-order valence-electron chi connectivity index (χ4n) is 0.757. The van der Waals surface area contributed by atoms with Crippen LogP contribution in [0.1, 0.15) is 10.4 Å².